The van der Waals surface area contributed by atoms with Crippen LogP contribution in [0, 0.1) is 10.8 Å². The minimum atomic E-state index is -0.509. The zero-order valence-corrected chi connectivity index (χ0v) is 15.5. The Bertz CT molecular complexity index is 653. The molecule has 1 heterocycles. The lowest BCUT2D eigenvalue weighted by molar-refractivity contribution is -0.165. The van der Waals surface area contributed by atoms with Crippen LogP contribution in [0.4, 0.5) is 5.69 Å². The first kappa shape index (κ1) is 18.5. The molecule has 2 rings (SSSR count). The molecular formula is C17H24ClN3O3. The maximum Gasteiger partial charge on any atom is 0.254 e. The van der Waals surface area contributed by atoms with Crippen molar-refractivity contribution in [2.24, 2.45) is 10.8 Å². The van der Waals surface area contributed by atoms with Gasteiger partial charge in [-0.25, -0.2) is 5.06 Å². The van der Waals surface area contributed by atoms with Crippen LogP contribution in [0.25, 0.3) is 0 Å². The van der Waals surface area contributed by atoms with Gasteiger partial charge >= 0.3 is 0 Å². The average molecular weight is 354 g/mol. The van der Waals surface area contributed by atoms with Gasteiger partial charge in [0, 0.05) is 10.4 Å². The predicted octanol–water partition coefficient (Wildman–Crippen LogP) is 3.13. The summed E-state index contributed by atoms with van der Waals surface area (Å²) in [5.74, 6) is -0.181. The van der Waals surface area contributed by atoms with Gasteiger partial charge in [-0.05, 0) is 31.5 Å². The Labute approximate surface area is 147 Å². The highest BCUT2D eigenvalue weighted by Gasteiger charge is 2.40. The van der Waals surface area contributed by atoms with Gasteiger partial charge in [0.1, 0.15) is 0 Å². The zero-order chi connectivity index (χ0) is 18.1. The minimum Gasteiger partial charge on any atom is -0.299 e. The van der Waals surface area contributed by atoms with E-state index >= 15 is 0 Å². The van der Waals surface area contributed by atoms with Crippen LogP contribution in [0.3, 0.4) is 0 Å². The summed E-state index contributed by atoms with van der Waals surface area (Å²) in [4.78, 5) is 29.5. The molecule has 1 fully saturated rings. The number of anilines is 1. The van der Waals surface area contributed by atoms with Gasteiger partial charge in [-0.2, -0.15) is 0 Å². The number of carbonyl (C=O) groups is 2. The highest BCUT2D eigenvalue weighted by atomic mass is 35.5. The summed E-state index contributed by atoms with van der Waals surface area (Å²) in [6.07, 6.45) is 0. The highest BCUT2D eigenvalue weighted by molar-refractivity contribution is 6.31. The van der Waals surface area contributed by atoms with Crippen molar-refractivity contribution < 1.29 is 14.4 Å². The molecule has 2 amide bonds. The molecular weight excluding hydrogens is 330 g/mol. The number of hydrazine groups is 1. The van der Waals surface area contributed by atoms with Gasteiger partial charge in [-0.3, -0.25) is 25.3 Å². The smallest absolute Gasteiger partial charge is 0.254 e. The van der Waals surface area contributed by atoms with E-state index in [1.807, 2.05) is 34.6 Å². The Morgan fingerprint density at radius 3 is 2.54 bits per heavy atom. The second kappa shape index (κ2) is 6.61. The normalized spacial score (nSPS) is 17.1. The minimum absolute atomic E-state index is 0.0572. The maximum atomic E-state index is 12.2. The topological polar surface area (TPSA) is 70.7 Å². The summed E-state index contributed by atoms with van der Waals surface area (Å²) in [5, 5.41) is 1.83. The van der Waals surface area contributed by atoms with Crippen molar-refractivity contribution in [3.05, 3.63) is 28.8 Å². The maximum absolute atomic E-state index is 12.2. The molecule has 0 radical (unpaired) electrons. The third-order valence-electron chi connectivity index (χ3n) is 3.76. The van der Waals surface area contributed by atoms with Crippen LogP contribution >= 0.6 is 11.6 Å². The lowest BCUT2D eigenvalue weighted by atomic mass is 9.95. The molecule has 0 saturated carbocycles. The van der Waals surface area contributed by atoms with Gasteiger partial charge in [-0.15, -0.1) is 0 Å². The number of rotatable bonds is 4. The van der Waals surface area contributed by atoms with Crippen LogP contribution in [-0.2, 0) is 21.0 Å². The largest absolute Gasteiger partial charge is 0.299 e. The van der Waals surface area contributed by atoms with Crippen molar-refractivity contribution in [3.63, 3.8) is 0 Å². The molecule has 24 heavy (non-hydrogen) atoms. The van der Waals surface area contributed by atoms with Crippen molar-refractivity contribution in [1.82, 2.24) is 10.5 Å². The molecule has 0 aliphatic carbocycles. The molecule has 6 nitrogen and oxygen atoms in total. The van der Waals surface area contributed by atoms with Crippen LogP contribution in [0.1, 0.15) is 40.2 Å². The van der Waals surface area contributed by atoms with Crippen molar-refractivity contribution in [2.45, 2.75) is 41.2 Å². The number of amides is 2. The first-order valence-electron chi connectivity index (χ1n) is 7.80. The van der Waals surface area contributed by atoms with Gasteiger partial charge in [0.05, 0.1) is 24.3 Å². The molecule has 1 aliphatic heterocycles. The Balaban J connectivity index is 2.00. The molecule has 1 saturated heterocycles. The molecule has 0 spiro atoms. The quantitative estimate of drug-likeness (QED) is 0.816. The SMILES string of the molecule is CC(C)(C)C(=O)NNc1ccc(CN2OCC(C)(C)C2=O)c(Cl)c1. The predicted molar refractivity (Wildman–Crippen MR) is 93.0 cm³/mol. The van der Waals surface area contributed by atoms with Crippen molar-refractivity contribution in [3.8, 4) is 0 Å². The third-order valence-corrected chi connectivity index (χ3v) is 4.11. The molecule has 7 heteroatoms. The fourth-order valence-corrected chi connectivity index (χ4v) is 2.28. The Kier molecular flexibility index (Phi) is 5.11. The zero-order valence-electron chi connectivity index (χ0n) is 14.7. The monoisotopic (exact) mass is 353 g/mol. The van der Waals surface area contributed by atoms with E-state index in [-0.39, 0.29) is 18.4 Å². The van der Waals surface area contributed by atoms with Gasteiger partial charge in [-0.1, -0.05) is 38.4 Å². The van der Waals surface area contributed by atoms with E-state index in [1.54, 1.807) is 18.2 Å². The number of carbonyl (C=O) groups excluding carboxylic acids is 2. The average Bonchev–Trinajstić information content (AvgIpc) is 2.73. The second-order valence-corrected chi connectivity index (χ2v) is 8.04. The van der Waals surface area contributed by atoms with E-state index in [2.05, 4.69) is 10.9 Å². The van der Waals surface area contributed by atoms with E-state index in [0.717, 1.165) is 5.56 Å². The summed E-state index contributed by atoms with van der Waals surface area (Å²) in [7, 11) is 0. The Hall–Kier alpha value is -1.79. The Morgan fingerprint density at radius 2 is 2.04 bits per heavy atom. The van der Waals surface area contributed by atoms with Crippen LogP contribution in [0.5, 0.6) is 0 Å². The first-order chi connectivity index (χ1) is 11.0. The van der Waals surface area contributed by atoms with Crippen LogP contribution < -0.4 is 10.9 Å². The third kappa shape index (κ3) is 4.19. The van der Waals surface area contributed by atoms with E-state index in [0.29, 0.717) is 17.3 Å². The molecule has 1 aliphatic rings. The number of halogens is 1. The van der Waals surface area contributed by atoms with E-state index < -0.39 is 10.8 Å². The Morgan fingerprint density at radius 1 is 1.38 bits per heavy atom. The van der Waals surface area contributed by atoms with Crippen molar-refractivity contribution in [2.75, 3.05) is 12.0 Å². The molecule has 1 aromatic carbocycles. The number of hydrogen-bond acceptors (Lipinski definition) is 4. The van der Waals surface area contributed by atoms with Gasteiger partial charge < -0.3 is 0 Å². The van der Waals surface area contributed by atoms with E-state index in [1.165, 1.54) is 5.06 Å². The fraction of sp³-hybridized carbons (Fsp3) is 0.529. The van der Waals surface area contributed by atoms with Crippen molar-refractivity contribution >= 4 is 29.1 Å². The van der Waals surface area contributed by atoms with E-state index in [9.17, 15) is 9.59 Å². The van der Waals surface area contributed by atoms with Crippen molar-refractivity contribution in [1.29, 1.82) is 0 Å². The molecule has 0 atom stereocenters. The lowest BCUT2D eigenvalue weighted by Crippen LogP contribution is -2.38. The summed E-state index contributed by atoms with van der Waals surface area (Å²) in [5.41, 5.74) is 5.92. The van der Waals surface area contributed by atoms with Gasteiger partial charge in [0.2, 0.25) is 5.91 Å². The molecule has 1 aromatic rings. The fourth-order valence-electron chi connectivity index (χ4n) is 2.04. The summed E-state index contributed by atoms with van der Waals surface area (Å²) in [6.45, 7) is 9.83. The lowest BCUT2D eigenvalue weighted by Gasteiger charge is -2.20. The summed E-state index contributed by atoms with van der Waals surface area (Å²) in [6, 6.07) is 5.29. The summed E-state index contributed by atoms with van der Waals surface area (Å²) >= 11 is 6.29. The van der Waals surface area contributed by atoms with Crippen LogP contribution in [0.15, 0.2) is 18.2 Å². The van der Waals surface area contributed by atoms with E-state index in [4.69, 9.17) is 16.4 Å². The number of nitrogens with one attached hydrogen (secondary N) is 2. The van der Waals surface area contributed by atoms with Gasteiger partial charge in [0.25, 0.3) is 5.91 Å². The van der Waals surface area contributed by atoms with Crippen LogP contribution in [0.2, 0.25) is 5.02 Å². The molecule has 0 bridgehead atoms. The highest BCUT2D eigenvalue weighted by Crippen LogP contribution is 2.30. The van der Waals surface area contributed by atoms with Gasteiger partial charge in [0.15, 0.2) is 0 Å². The first-order valence-corrected chi connectivity index (χ1v) is 8.18. The standard InChI is InChI=1S/C17H24ClN3O3/c1-16(2,3)14(22)20-19-12-7-6-11(13(18)8-12)9-21-15(23)17(4,5)10-24-21/h6-8,19H,9-10H2,1-5H3,(H,20,22). The second-order valence-electron chi connectivity index (χ2n) is 7.63. The van der Waals surface area contributed by atoms with Crippen LogP contribution in [-0.4, -0.2) is 23.5 Å². The number of hydrogen-bond donors (Lipinski definition) is 2. The number of nitrogens with zero attached hydrogens (tertiary/aromatic N) is 1. The molecule has 132 valence electrons. The molecule has 0 unspecified atom stereocenters. The summed E-state index contributed by atoms with van der Waals surface area (Å²) < 4.78 is 0. The molecule has 0 aromatic heterocycles. The molecule has 2 N–H and O–H groups in total. The number of hydroxylamine groups is 2. The number of benzene rings is 1.